The number of rotatable bonds is 6. The van der Waals surface area contributed by atoms with E-state index in [1.54, 1.807) is 0 Å². The summed E-state index contributed by atoms with van der Waals surface area (Å²) in [6, 6.07) is 0. The van der Waals surface area contributed by atoms with E-state index in [0.29, 0.717) is 6.42 Å². The fraction of sp³-hybridized carbons (Fsp3) is 0.875. The Balaban J connectivity index is 3.22. The lowest BCUT2D eigenvalue weighted by Crippen LogP contribution is -2.12. The third-order valence-electron chi connectivity index (χ3n) is 1.55. The van der Waals surface area contributed by atoms with E-state index in [1.165, 1.54) is 0 Å². The lowest BCUT2D eigenvalue weighted by Gasteiger charge is -2.05. The van der Waals surface area contributed by atoms with E-state index < -0.39 is 12.1 Å². The summed E-state index contributed by atoms with van der Waals surface area (Å²) < 4.78 is 0. The Morgan fingerprint density at radius 3 is 2.55 bits per heavy atom. The van der Waals surface area contributed by atoms with Gasteiger partial charge in [-0.25, -0.2) is 0 Å². The van der Waals surface area contributed by atoms with Gasteiger partial charge in [-0.2, -0.15) is 0 Å². The van der Waals surface area contributed by atoms with Gasteiger partial charge in [0, 0.05) is 0 Å². The molecule has 0 spiro atoms. The summed E-state index contributed by atoms with van der Waals surface area (Å²) in [5.74, 6) is -0.922. The predicted octanol–water partition coefficient (Wildman–Crippen LogP) is 1.40. The molecule has 1 atom stereocenters. The minimum Gasteiger partial charge on any atom is -0.481 e. The summed E-state index contributed by atoms with van der Waals surface area (Å²) >= 11 is 0. The fourth-order valence-electron chi connectivity index (χ4n) is 0.934. The molecule has 11 heavy (non-hydrogen) atoms. The maximum atomic E-state index is 10.1. The van der Waals surface area contributed by atoms with E-state index in [0.717, 1.165) is 19.3 Å². The first-order chi connectivity index (χ1) is 5.16. The van der Waals surface area contributed by atoms with Crippen LogP contribution in [-0.4, -0.2) is 22.3 Å². The Labute approximate surface area is 67.0 Å². The summed E-state index contributed by atoms with van der Waals surface area (Å²) in [4.78, 5) is 10.1. The number of carboxylic acid groups (broad SMARTS) is 1. The number of aliphatic carboxylic acids is 1. The molecule has 0 saturated heterocycles. The van der Waals surface area contributed by atoms with Crippen molar-refractivity contribution in [2.24, 2.45) is 0 Å². The molecule has 0 aromatic rings. The van der Waals surface area contributed by atoms with E-state index in [4.69, 9.17) is 10.2 Å². The van der Waals surface area contributed by atoms with E-state index >= 15 is 0 Å². The zero-order valence-corrected chi connectivity index (χ0v) is 6.92. The Hall–Kier alpha value is -0.570. The van der Waals surface area contributed by atoms with Crippen LogP contribution in [0.1, 0.15) is 39.0 Å². The molecule has 2 N–H and O–H groups in total. The normalized spacial score (nSPS) is 12.9. The van der Waals surface area contributed by atoms with Crippen molar-refractivity contribution in [1.29, 1.82) is 0 Å². The second-order valence-corrected chi connectivity index (χ2v) is 2.75. The van der Waals surface area contributed by atoms with Gasteiger partial charge in [0.25, 0.3) is 0 Å². The molecule has 0 aliphatic carbocycles. The minimum absolute atomic E-state index is 0.121. The smallest absolute Gasteiger partial charge is 0.305 e. The first-order valence-corrected chi connectivity index (χ1v) is 4.06. The molecule has 0 radical (unpaired) electrons. The molecule has 0 rings (SSSR count). The highest BCUT2D eigenvalue weighted by Crippen LogP contribution is 2.05. The molecule has 0 aromatic heterocycles. The zero-order chi connectivity index (χ0) is 8.69. The molecule has 0 bridgehead atoms. The quantitative estimate of drug-likeness (QED) is 0.577. The average Bonchev–Trinajstić information content (AvgIpc) is 1.86. The fourth-order valence-corrected chi connectivity index (χ4v) is 0.934. The standard InChI is InChI=1S/C8H16O3/c1-2-3-4-5-7(9)6-8(10)11/h7,9H,2-6H2,1H3,(H,10,11)/t7-/m1/s1. The number of aliphatic hydroxyl groups is 1. The molecule has 0 fully saturated rings. The summed E-state index contributed by atoms with van der Waals surface area (Å²) in [6.45, 7) is 2.07. The maximum Gasteiger partial charge on any atom is 0.305 e. The SMILES string of the molecule is CCCCC[C@@H](O)CC(=O)O. The highest BCUT2D eigenvalue weighted by molar-refractivity contribution is 5.67. The molecule has 0 aromatic carbocycles. The van der Waals surface area contributed by atoms with Crippen molar-refractivity contribution in [2.75, 3.05) is 0 Å². The first-order valence-electron chi connectivity index (χ1n) is 4.06. The Bertz CT molecular complexity index is 112. The first kappa shape index (κ1) is 10.4. The third kappa shape index (κ3) is 7.33. The average molecular weight is 160 g/mol. The lowest BCUT2D eigenvalue weighted by atomic mass is 10.1. The molecule has 0 heterocycles. The number of carboxylic acids is 1. The van der Waals surface area contributed by atoms with Gasteiger partial charge >= 0.3 is 5.97 Å². The van der Waals surface area contributed by atoms with Crippen LogP contribution < -0.4 is 0 Å². The highest BCUT2D eigenvalue weighted by Gasteiger charge is 2.07. The molecule has 0 amide bonds. The predicted molar refractivity (Wildman–Crippen MR) is 42.4 cm³/mol. The third-order valence-corrected chi connectivity index (χ3v) is 1.55. The summed E-state index contributed by atoms with van der Waals surface area (Å²) in [5.41, 5.74) is 0. The van der Waals surface area contributed by atoms with Gasteiger partial charge in [0.15, 0.2) is 0 Å². The van der Waals surface area contributed by atoms with Crippen LogP contribution in [0.5, 0.6) is 0 Å². The van der Waals surface area contributed by atoms with Crippen LogP contribution in [0.4, 0.5) is 0 Å². The summed E-state index contributed by atoms with van der Waals surface area (Å²) in [5, 5.41) is 17.3. The monoisotopic (exact) mass is 160 g/mol. The van der Waals surface area contributed by atoms with Crippen molar-refractivity contribution in [1.82, 2.24) is 0 Å². The van der Waals surface area contributed by atoms with Gasteiger partial charge in [-0.15, -0.1) is 0 Å². The Kier molecular flexibility index (Phi) is 5.84. The molecular formula is C8H16O3. The van der Waals surface area contributed by atoms with Crippen LogP contribution in [-0.2, 0) is 4.79 Å². The van der Waals surface area contributed by atoms with Gasteiger partial charge in [-0.05, 0) is 6.42 Å². The van der Waals surface area contributed by atoms with Gasteiger partial charge in [-0.3, -0.25) is 4.79 Å². The van der Waals surface area contributed by atoms with Crippen molar-refractivity contribution in [2.45, 2.75) is 45.1 Å². The molecule has 0 aliphatic heterocycles. The van der Waals surface area contributed by atoms with Crippen molar-refractivity contribution in [3.8, 4) is 0 Å². The molecular weight excluding hydrogens is 144 g/mol. The second kappa shape index (κ2) is 6.16. The number of hydrogen-bond donors (Lipinski definition) is 2. The topological polar surface area (TPSA) is 57.5 Å². The van der Waals surface area contributed by atoms with Crippen molar-refractivity contribution in [3.05, 3.63) is 0 Å². The Morgan fingerprint density at radius 2 is 2.09 bits per heavy atom. The van der Waals surface area contributed by atoms with Crippen LogP contribution in [0.3, 0.4) is 0 Å². The van der Waals surface area contributed by atoms with E-state index in [1.807, 2.05) is 0 Å². The molecule has 3 nitrogen and oxygen atoms in total. The molecule has 3 heteroatoms. The van der Waals surface area contributed by atoms with Crippen molar-refractivity contribution >= 4 is 5.97 Å². The molecule has 0 aliphatic rings. The van der Waals surface area contributed by atoms with Crippen LogP contribution in [0.25, 0.3) is 0 Å². The van der Waals surface area contributed by atoms with Crippen molar-refractivity contribution in [3.63, 3.8) is 0 Å². The number of unbranched alkanes of at least 4 members (excludes halogenated alkanes) is 2. The number of carbonyl (C=O) groups is 1. The van der Waals surface area contributed by atoms with Crippen molar-refractivity contribution < 1.29 is 15.0 Å². The van der Waals surface area contributed by atoms with Gasteiger partial charge in [-0.1, -0.05) is 26.2 Å². The molecule has 0 saturated carbocycles. The summed E-state index contributed by atoms with van der Waals surface area (Å²) in [7, 11) is 0. The molecule has 66 valence electrons. The van der Waals surface area contributed by atoms with Gasteiger partial charge in [0.2, 0.25) is 0 Å². The molecule has 0 unspecified atom stereocenters. The maximum absolute atomic E-state index is 10.1. The van der Waals surface area contributed by atoms with Crippen LogP contribution in [0, 0.1) is 0 Å². The minimum atomic E-state index is -0.922. The van der Waals surface area contributed by atoms with Gasteiger partial charge < -0.3 is 10.2 Å². The van der Waals surface area contributed by atoms with E-state index in [9.17, 15) is 4.79 Å². The van der Waals surface area contributed by atoms with Crippen LogP contribution >= 0.6 is 0 Å². The van der Waals surface area contributed by atoms with E-state index in [-0.39, 0.29) is 6.42 Å². The van der Waals surface area contributed by atoms with Crippen LogP contribution in [0.15, 0.2) is 0 Å². The Morgan fingerprint density at radius 1 is 1.45 bits per heavy atom. The van der Waals surface area contributed by atoms with E-state index in [2.05, 4.69) is 6.92 Å². The highest BCUT2D eigenvalue weighted by atomic mass is 16.4. The zero-order valence-electron chi connectivity index (χ0n) is 6.92. The van der Waals surface area contributed by atoms with Crippen LogP contribution in [0.2, 0.25) is 0 Å². The summed E-state index contributed by atoms with van der Waals surface area (Å²) in [6.07, 6.45) is 2.92. The number of hydrogen-bond acceptors (Lipinski definition) is 2. The largest absolute Gasteiger partial charge is 0.481 e. The van der Waals surface area contributed by atoms with Gasteiger partial charge in [0.05, 0.1) is 12.5 Å². The lowest BCUT2D eigenvalue weighted by molar-refractivity contribution is -0.139. The van der Waals surface area contributed by atoms with Gasteiger partial charge in [0.1, 0.15) is 0 Å². The second-order valence-electron chi connectivity index (χ2n) is 2.75. The number of aliphatic hydroxyl groups excluding tert-OH is 1.